The molecule has 0 saturated carbocycles. The molecule has 2 N–H and O–H groups in total. The van der Waals surface area contributed by atoms with Crippen LogP contribution in [0.15, 0.2) is 48.8 Å². The molecule has 14 heteroatoms. The number of rotatable bonds is 4. The highest BCUT2D eigenvalue weighted by Crippen LogP contribution is 2.32. The molecule has 0 spiro atoms. The van der Waals surface area contributed by atoms with E-state index in [1.165, 1.54) is 24.4 Å². The fraction of sp³-hybridized carbons (Fsp3) is 0.143. The summed E-state index contributed by atoms with van der Waals surface area (Å²) in [6.07, 6.45) is -7.35. The minimum Gasteiger partial charge on any atom is -0.506 e. The molecule has 0 aliphatic rings. The third-order valence-electron chi connectivity index (χ3n) is 4.52. The molecular formula is C21H13F6N7O. The fourth-order valence-corrected chi connectivity index (χ4v) is 2.92. The van der Waals surface area contributed by atoms with E-state index in [9.17, 15) is 31.4 Å². The van der Waals surface area contributed by atoms with E-state index in [1.54, 1.807) is 6.92 Å². The van der Waals surface area contributed by atoms with Gasteiger partial charge in [-0.2, -0.15) is 36.3 Å². The number of pyridine rings is 3. The maximum absolute atomic E-state index is 13.2. The molecule has 4 heterocycles. The van der Waals surface area contributed by atoms with Crippen LogP contribution in [0.25, 0.3) is 22.9 Å². The third kappa shape index (κ3) is 5.42. The van der Waals surface area contributed by atoms with Crippen LogP contribution in [0.2, 0.25) is 0 Å². The Balaban J connectivity index is 1.85. The number of aryl methyl sites for hydroxylation is 1. The van der Waals surface area contributed by atoms with Crippen LogP contribution in [-0.2, 0) is 12.4 Å². The first-order valence-electron chi connectivity index (χ1n) is 9.67. The number of aromatic nitrogens is 6. The summed E-state index contributed by atoms with van der Waals surface area (Å²) in [5.41, 5.74) is -2.13. The lowest BCUT2D eigenvalue weighted by atomic mass is 10.2. The molecule has 8 nitrogen and oxygen atoms in total. The lowest BCUT2D eigenvalue weighted by Gasteiger charge is -2.12. The number of alkyl halides is 6. The van der Waals surface area contributed by atoms with Gasteiger partial charge in [0.25, 0.3) is 0 Å². The minimum absolute atomic E-state index is 0.0850. The van der Waals surface area contributed by atoms with Crippen LogP contribution < -0.4 is 5.32 Å². The van der Waals surface area contributed by atoms with E-state index in [0.717, 1.165) is 18.3 Å². The van der Waals surface area contributed by atoms with E-state index < -0.39 is 23.7 Å². The van der Waals surface area contributed by atoms with Crippen molar-refractivity contribution in [3.63, 3.8) is 0 Å². The van der Waals surface area contributed by atoms with Crippen molar-refractivity contribution < 1.29 is 31.4 Å². The fourth-order valence-electron chi connectivity index (χ4n) is 2.92. The Labute approximate surface area is 192 Å². The van der Waals surface area contributed by atoms with Crippen LogP contribution in [-0.4, -0.2) is 35.0 Å². The van der Waals surface area contributed by atoms with E-state index in [1.807, 2.05) is 0 Å². The lowest BCUT2D eigenvalue weighted by Crippen LogP contribution is -2.10. The first-order valence-corrected chi connectivity index (χ1v) is 9.67. The number of hydrogen-bond donors (Lipinski definition) is 2. The monoisotopic (exact) mass is 493 g/mol. The summed E-state index contributed by atoms with van der Waals surface area (Å²) in [6, 6.07) is 6.33. The van der Waals surface area contributed by atoms with Crippen LogP contribution >= 0.6 is 0 Å². The van der Waals surface area contributed by atoms with Crippen LogP contribution in [0, 0.1) is 6.92 Å². The standard InChI is InChI=1S/C21H13F6N7O/c1-10-13(8-12(35)9-29-10)17-32-18(14-3-2-4-15(31-14)20(22,23)24)34-19(33-17)30-11-5-6-28-16(7-11)21(25,26)27/h2-9,35H,1H3,(H,28,30,32,33,34). The van der Waals surface area contributed by atoms with Crippen molar-refractivity contribution in [3.05, 3.63) is 65.9 Å². The first kappa shape index (κ1) is 23.8. The van der Waals surface area contributed by atoms with Gasteiger partial charge in [0.15, 0.2) is 11.6 Å². The number of halogens is 6. The second-order valence-corrected chi connectivity index (χ2v) is 7.09. The molecule has 180 valence electrons. The highest BCUT2D eigenvalue weighted by Gasteiger charge is 2.33. The number of hydrogen-bond acceptors (Lipinski definition) is 8. The lowest BCUT2D eigenvalue weighted by molar-refractivity contribution is -0.141. The number of anilines is 2. The van der Waals surface area contributed by atoms with Crippen LogP contribution in [0.3, 0.4) is 0 Å². The Hall–Kier alpha value is -4.36. The molecule has 0 saturated heterocycles. The Morgan fingerprint density at radius 2 is 1.51 bits per heavy atom. The highest BCUT2D eigenvalue weighted by molar-refractivity contribution is 5.65. The van der Waals surface area contributed by atoms with Crippen molar-refractivity contribution in [1.82, 2.24) is 29.9 Å². The summed E-state index contributed by atoms with van der Waals surface area (Å²) in [6.45, 7) is 1.58. The molecule has 0 aliphatic carbocycles. The van der Waals surface area contributed by atoms with Gasteiger partial charge in [0.2, 0.25) is 5.95 Å². The zero-order chi connectivity index (χ0) is 25.4. The zero-order valence-corrected chi connectivity index (χ0v) is 17.5. The van der Waals surface area contributed by atoms with Gasteiger partial charge in [-0.3, -0.25) is 9.97 Å². The molecule has 4 rings (SSSR count). The second-order valence-electron chi connectivity index (χ2n) is 7.09. The second kappa shape index (κ2) is 8.77. The zero-order valence-electron chi connectivity index (χ0n) is 17.5. The molecule has 0 aliphatic heterocycles. The van der Waals surface area contributed by atoms with Crippen molar-refractivity contribution in [3.8, 4) is 28.7 Å². The number of nitrogens with one attached hydrogen (secondary N) is 1. The maximum Gasteiger partial charge on any atom is 0.433 e. The summed E-state index contributed by atoms with van der Waals surface area (Å²) in [4.78, 5) is 23.2. The summed E-state index contributed by atoms with van der Waals surface area (Å²) in [5, 5.41) is 12.4. The van der Waals surface area contributed by atoms with Crippen LogP contribution in [0.1, 0.15) is 17.1 Å². The van der Waals surface area contributed by atoms with E-state index in [4.69, 9.17) is 0 Å². The van der Waals surface area contributed by atoms with E-state index >= 15 is 0 Å². The Bertz CT molecular complexity index is 1390. The van der Waals surface area contributed by atoms with Crippen LogP contribution in [0.4, 0.5) is 38.0 Å². The van der Waals surface area contributed by atoms with E-state index in [0.29, 0.717) is 11.8 Å². The molecule has 4 aromatic rings. The van der Waals surface area contributed by atoms with Crippen molar-refractivity contribution >= 4 is 11.6 Å². The smallest absolute Gasteiger partial charge is 0.433 e. The molecule has 0 bridgehead atoms. The molecule has 0 radical (unpaired) electrons. The Morgan fingerprint density at radius 1 is 0.800 bits per heavy atom. The molecule has 0 amide bonds. The molecule has 0 aromatic carbocycles. The largest absolute Gasteiger partial charge is 0.506 e. The number of nitrogens with zero attached hydrogens (tertiary/aromatic N) is 6. The molecule has 4 aromatic heterocycles. The maximum atomic E-state index is 13.2. The predicted molar refractivity (Wildman–Crippen MR) is 110 cm³/mol. The van der Waals surface area contributed by atoms with Gasteiger partial charge in [-0.15, -0.1) is 0 Å². The Morgan fingerprint density at radius 3 is 2.23 bits per heavy atom. The van der Waals surface area contributed by atoms with Gasteiger partial charge in [-0.1, -0.05) is 6.07 Å². The van der Waals surface area contributed by atoms with Crippen molar-refractivity contribution in [2.75, 3.05) is 5.32 Å². The van der Waals surface area contributed by atoms with Gasteiger partial charge in [-0.05, 0) is 37.3 Å². The van der Waals surface area contributed by atoms with Crippen molar-refractivity contribution in [2.45, 2.75) is 19.3 Å². The quantitative estimate of drug-likeness (QED) is 0.374. The SMILES string of the molecule is Cc1ncc(O)cc1-c1nc(Nc2ccnc(C(F)(F)F)c2)nc(-c2cccc(C(F)(F)F)n2)n1. The molecule has 0 fully saturated rings. The van der Waals surface area contributed by atoms with Crippen LogP contribution in [0.5, 0.6) is 5.75 Å². The molecule has 0 atom stereocenters. The minimum atomic E-state index is -4.73. The van der Waals surface area contributed by atoms with E-state index in [-0.39, 0.29) is 40.3 Å². The van der Waals surface area contributed by atoms with Crippen molar-refractivity contribution in [2.24, 2.45) is 0 Å². The van der Waals surface area contributed by atoms with Gasteiger partial charge in [0.05, 0.1) is 6.20 Å². The topological polar surface area (TPSA) is 110 Å². The average Bonchev–Trinajstić information content (AvgIpc) is 2.79. The molecule has 0 unspecified atom stereocenters. The summed E-state index contributed by atoms with van der Waals surface area (Å²) < 4.78 is 78.6. The Kier molecular flexibility index (Phi) is 5.96. The normalized spacial score (nSPS) is 12.0. The van der Waals surface area contributed by atoms with Crippen molar-refractivity contribution in [1.29, 1.82) is 0 Å². The summed E-state index contributed by atoms with van der Waals surface area (Å²) >= 11 is 0. The number of aromatic hydroxyl groups is 1. The third-order valence-corrected chi connectivity index (χ3v) is 4.52. The van der Waals surface area contributed by atoms with Gasteiger partial charge in [-0.25, -0.2) is 9.97 Å². The van der Waals surface area contributed by atoms with Gasteiger partial charge in [0, 0.05) is 23.1 Å². The summed E-state index contributed by atoms with van der Waals surface area (Å²) in [5.74, 6) is -0.923. The highest BCUT2D eigenvalue weighted by atomic mass is 19.4. The summed E-state index contributed by atoms with van der Waals surface area (Å²) in [7, 11) is 0. The first-order chi connectivity index (χ1) is 16.4. The molecular weight excluding hydrogens is 480 g/mol. The van der Waals surface area contributed by atoms with Gasteiger partial charge in [0.1, 0.15) is 22.8 Å². The van der Waals surface area contributed by atoms with E-state index in [2.05, 4.69) is 35.2 Å². The van der Waals surface area contributed by atoms with Gasteiger partial charge < -0.3 is 10.4 Å². The van der Waals surface area contributed by atoms with Gasteiger partial charge >= 0.3 is 12.4 Å². The predicted octanol–water partition coefficient (Wildman–Crippen LogP) is 5.19. The molecule has 35 heavy (non-hydrogen) atoms. The average molecular weight is 493 g/mol.